The van der Waals surface area contributed by atoms with Crippen LogP contribution < -0.4 is 4.78 Å². The molecule has 0 rings (SSSR count). The molecule has 12 heavy (non-hydrogen) atoms. The fourth-order valence-electron chi connectivity index (χ4n) is 1.18. The standard InChI is InChI=1S/C9H15N2Si/c1-4-7-12(11-10,8-5-2)9-6-3/h4-6H,1-3,7-9H2/q+1. The van der Waals surface area contributed by atoms with Crippen molar-refractivity contribution >= 4 is 8.24 Å². The van der Waals surface area contributed by atoms with Gasteiger partial charge in [-0.25, -0.2) is 0 Å². The fourth-order valence-corrected chi connectivity index (χ4v) is 3.54. The summed E-state index contributed by atoms with van der Waals surface area (Å²) in [6, 6.07) is 2.34. The minimum absolute atomic E-state index is 0.779. The van der Waals surface area contributed by atoms with E-state index in [0.29, 0.717) is 0 Å². The second-order valence-electron chi connectivity index (χ2n) is 2.80. The van der Waals surface area contributed by atoms with Crippen LogP contribution in [0.1, 0.15) is 0 Å². The second-order valence-corrected chi connectivity index (χ2v) is 6.68. The molecule has 0 N–H and O–H groups in total. The fraction of sp³-hybridized carbons (Fsp3) is 0.333. The highest BCUT2D eigenvalue weighted by molar-refractivity contribution is 6.78. The van der Waals surface area contributed by atoms with Crippen LogP contribution in [-0.2, 0) is 0 Å². The number of hydrogen-bond donors (Lipinski definition) is 0. The van der Waals surface area contributed by atoms with Crippen LogP contribution in [0.5, 0.6) is 0 Å². The van der Waals surface area contributed by atoms with Crippen LogP contribution in [-0.4, -0.2) is 8.24 Å². The van der Waals surface area contributed by atoms with E-state index >= 15 is 0 Å². The Bertz CT molecular complexity index is 160. The van der Waals surface area contributed by atoms with Gasteiger partial charge in [-0.15, -0.1) is 25.3 Å². The van der Waals surface area contributed by atoms with E-state index in [1.807, 2.05) is 0 Å². The van der Waals surface area contributed by atoms with Gasteiger partial charge in [0.1, 0.15) is 0 Å². The molecule has 64 valence electrons. The van der Waals surface area contributed by atoms with Crippen LogP contribution in [0.4, 0.5) is 0 Å². The predicted octanol–water partition coefficient (Wildman–Crippen LogP) is 2.85. The largest absolute Gasteiger partial charge is 0.741 e. The summed E-state index contributed by atoms with van der Waals surface area (Å²) in [6.45, 7) is 11.0. The summed E-state index contributed by atoms with van der Waals surface area (Å²) in [5.41, 5.74) is 8.91. The molecule has 0 heterocycles. The van der Waals surface area contributed by atoms with Crippen molar-refractivity contribution in [2.45, 2.75) is 18.1 Å². The van der Waals surface area contributed by atoms with Crippen molar-refractivity contribution < 1.29 is 0 Å². The average molecular weight is 179 g/mol. The molecule has 0 saturated carbocycles. The zero-order valence-electron chi connectivity index (χ0n) is 7.37. The molecule has 0 radical (unpaired) electrons. The molecule has 0 spiro atoms. The summed E-state index contributed by atoms with van der Waals surface area (Å²) in [7, 11) is -1.94. The molecular weight excluding hydrogens is 164 g/mol. The number of hydrogen-bond acceptors (Lipinski definition) is 1. The van der Waals surface area contributed by atoms with E-state index in [4.69, 9.17) is 5.53 Å². The third-order valence-corrected chi connectivity index (χ3v) is 5.36. The van der Waals surface area contributed by atoms with E-state index < -0.39 is 8.24 Å². The highest BCUT2D eigenvalue weighted by Gasteiger charge is 2.59. The van der Waals surface area contributed by atoms with E-state index in [2.05, 4.69) is 24.5 Å². The maximum absolute atomic E-state index is 8.91. The molecule has 0 atom stereocenters. The molecule has 0 bridgehead atoms. The minimum Gasteiger partial charge on any atom is -0.146 e. The molecule has 0 aliphatic carbocycles. The maximum Gasteiger partial charge on any atom is 0.741 e. The Kier molecular flexibility index (Phi) is 5.09. The predicted molar refractivity (Wildman–Crippen MR) is 56.3 cm³/mol. The third kappa shape index (κ3) is 2.90. The van der Waals surface area contributed by atoms with Crippen molar-refractivity contribution in [3.63, 3.8) is 0 Å². The summed E-state index contributed by atoms with van der Waals surface area (Å²) >= 11 is 0. The number of nitrogens with zero attached hydrogens (tertiary/aromatic N) is 2. The molecule has 3 heteroatoms. The Labute approximate surface area is 75.3 Å². The Balaban J connectivity index is 4.45. The molecule has 0 aromatic carbocycles. The van der Waals surface area contributed by atoms with Gasteiger partial charge in [-0.1, -0.05) is 18.2 Å². The van der Waals surface area contributed by atoms with E-state index in [0.717, 1.165) is 18.1 Å². The van der Waals surface area contributed by atoms with E-state index in [-0.39, 0.29) is 0 Å². The van der Waals surface area contributed by atoms with Gasteiger partial charge in [-0.2, -0.15) is 0 Å². The Morgan fingerprint density at radius 1 is 1.00 bits per heavy atom. The van der Waals surface area contributed by atoms with Gasteiger partial charge in [-0.05, 0) is 4.78 Å². The molecular formula is C9H15N2Si+. The van der Waals surface area contributed by atoms with Gasteiger partial charge in [0.25, 0.3) is 0 Å². The molecule has 0 saturated heterocycles. The van der Waals surface area contributed by atoms with Crippen LogP contribution in [0.15, 0.2) is 38.0 Å². The van der Waals surface area contributed by atoms with Gasteiger partial charge in [0, 0.05) is 0 Å². The monoisotopic (exact) mass is 179 g/mol. The van der Waals surface area contributed by atoms with Gasteiger partial charge in [0.05, 0.1) is 18.1 Å². The van der Waals surface area contributed by atoms with E-state index in [9.17, 15) is 0 Å². The first-order valence-electron chi connectivity index (χ1n) is 3.93. The van der Waals surface area contributed by atoms with Crippen molar-refractivity contribution in [3.05, 3.63) is 43.5 Å². The van der Waals surface area contributed by atoms with Crippen molar-refractivity contribution in [1.29, 1.82) is 0 Å². The molecule has 0 fully saturated rings. The summed E-state index contributed by atoms with van der Waals surface area (Å²) in [5, 5.41) is 0. The van der Waals surface area contributed by atoms with Crippen LogP contribution in [0.3, 0.4) is 0 Å². The highest BCUT2D eigenvalue weighted by atomic mass is 28.3. The van der Waals surface area contributed by atoms with E-state index in [1.165, 1.54) is 0 Å². The third-order valence-electron chi connectivity index (χ3n) is 1.79. The lowest BCUT2D eigenvalue weighted by Crippen LogP contribution is -2.36. The normalized spacial score (nSPS) is 10.0. The summed E-state index contributed by atoms with van der Waals surface area (Å²) < 4.78 is 3.51. The Morgan fingerprint density at radius 3 is 1.50 bits per heavy atom. The van der Waals surface area contributed by atoms with Crippen molar-refractivity contribution in [2.75, 3.05) is 0 Å². The Hall–Kier alpha value is -1.05. The first kappa shape index (κ1) is 10.9. The molecule has 0 aromatic rings. The topological polar surface area (TPSA) is 36.4 Å². The highest BCUT2D eigenvalue weighted by Crippen LogP contribution is 2.18. The zero-order valence-corrected chi connectivity index (χ0v) is 8.37. The first-order chi connectivity index (χ1) is 5.74. The van der Waals surface area contributed by atoms with E-state index in [1.54, 1.807) is 18.2 Å². The number of rotatable bonds is 7. The smallest absolute Gasteiger partial charge is 0.146 e. The van der Waals surface area contributed by atoms with Gasteiger partial charge in [0.2, 0.25) is 0 Å². The molecule has 0 aromatic heterocycles. The molecule has 0 aliphatic heterocycles. The SMILES string of the molecule is C=CC[Si](CC=C)(CC=C)[N+2]=[N-]. The van der Waals surface area contributed by atoms with Gasteiger partial charge < -0.3 is 0 Å². The summed E-state index contributed by atoms with van der Waals surface area (Å²) in [6.07, 6.45) is 5.41. The van der Waals surface area contributed by atoms with Crippen LogP contribution in [0, 0.1) is 0 Å². The van der Waals surface area contributed by atoms with Gasteiger partial charge >= 0.3 is 8.24 Å². The lowest BCUT2D eigenvalue weighted by Gasteiger charge is -1.96. The lowest BCUT2D eigenvalue weighted by atomic mass is 10.7. The molecule has 0 unspecified atom stereocenters. The van der Waals surface area contributed by atoms with Crippen LogP contribution >= 0.6 is 0 Å². The molecule has 2 nitrogen and oxygen atoms in total. The second kappa shape index (κ2) is 5.58. The van der Waals surface area contributed by atoms with Crippen molar-refractivity contribution in [2.24, 2.45) is 0 Å². The number of allylic oxidation sites excluding steroid dienone is 3. The van der Waals surface area contributed by atoms with Gasteiger partial charge in [-0.3, -0.25) is 0 Å². The summed E-state index contributed by atoms with van der Waals surface area (Å²) in [5.74, 6) is 0. The zero-order chi connectivity index (χ0) is 9.45. The van der Waals surface area contributed by atoms with Crippen LogP contribution in [0.2, 0.25) is 18.1 Å². The Morgan fingerprint density at radius 2 is 1.33 bits per heavy atom. The molecule has 0 aliphatic rings. The minimum atomic E-state index is -1.94. The maximum atomic E-state index is 8.91. The van der Waals surface area contributed by atoms with Gasteiger partial charge in [0.15, 0.2) is 0 Å². The van der Waals surface area contributed by atoms with Crippen molar-refractivity contribution in [1.82, 2.24) is 4.78 Å². The summed E-state index contributed by atoms with van der Waals surface area (Å²) in [4.78, 5) is 0. The first-order valence-corrected chi connectivity index (χ1v) is 6.50. The quantitative estimate of drug-likeness (QED) is 0.327. The van der Waals surface area contributed by atoms with Crippen molar-refractivity contribution in [3.8, 4) is 0 Å². The lowest BCUT2D eigenvalue weighted by molar-refractivity contribution is 1.23. The molecule has 0 amide bonds. The average Bonchev–Trinajstić information content (AvgIpc) is 2.06. The van der Waals surface area contributed by atoms with Crippen LogP contribution in [0.25, 0.3) is 5.53 Å².